The van der Waals surface area contributed by atoms with Gasteiger partial charge in [0.25, 0.3) is 0 Å². The fraction of sp³-hybridized carbons (Fsp3) is 0.235. The second-order valence-corrected chi connectivity index (χ2v) is 7.78. The zero-order chi connectivity index (χ0) is 17.6. The number of carbonyl (C=O) groups excluding carboxylic acids is 1. The van der Waals surface area contributed by atoms with Crippen LogP contribution in [0.5, 0.6) is 0 Å². The third kappa shape index (κ3) is 5.06. The van der Waals surface area contributed by atoms with E-state index in [0.717, 1.165) is 9.87 Å². The van der Waals surface area contributed by atoms with Crippen molar-refractivity contribution in [1.29, 1.82) is 0 Å². The van der Waals surface area contributed by atoms with Crippen molar-refractivity contribution in [3.63, 3.8) is 0 Å². The number of carbonyl (C=O) groups is 1. The van der Waals surface area contributed by atoms with Gasteiger partial charge in [0.05, 0.1) is 11.4 Å². The Morgan fingerprint density at radius 1 is 1.08 bits per heavy atom. The molecule has 0 saturated carbocycles. The monoisotopic (exact) mass is 366 g/mol. The van der Waals surface area contributed by atoms with Gasteiger partial charge in [-0.3, -0.25) is 4.79 Å². The summed E-state index contributed by atoms with van der Waals surface area (Å²) in [7, 11) is -2.27. The molecule has 0 saturated heterocycles. The van der Waals surface area contributed by atoms with Gasteiger partial charge in [-0.15, -0.1) is 0 Å². The zero-order valence-electron chi connectivity index (χ0n) is 13.3. The molecular formula is C17H19ClN2O3S. The van der Waals surface area contributed by atoms with Crippen LogP contribution in [0.2, 0.25) is 5.02 Å². The SMILES string of the molecule is CN(CC(=O)NCCc1ccc(Cl)cc1)S(=O)(=O)c1ccccc1. The van der Waals surface area contributed by atoms with Crippen LogP contribution in [0.25, 0.3) is 0 Å². The molecular weight excluding hydrogens is 348 g/mol. The highest BCUT2D eigenvalue weighted by molar-refractivity contribution is 7.89. The van der Waals surface area contributed by atoms with Gasteiger partial charge in [0.2, 0.25) is 15.9 Å². The Hall–Kier alpha value is -1.89. The lowest BCUT2D eigenvalue weighted by atomic mass is 10.1. The standard InChI is InChI=1S/C17H19ClN2O3S/c1-20(24(22,23)16-5-3-2-4-6-16)13-17(21)19-12-11-14-7-9-15(18)10-8-14/h2-10H,11-13H2,1H3,(H,19,21). The molecule has 0 aromatic heterocycles. The number of benzene rings is 2. The van der Waals surface area contributed by atoms with Crippen LogP contribution in [0.4, 0.5) is 0 Å². The summed E-state index contributed by atoms with van der Waals surface area (Å²) in [6, 6.07) is 15.4. The molecule has 2 rings (SSSR count). The number of likely N-dealkylation sites (N-methyl/N-ethyl adjacent to an activating group) is 1. The largest absolute Gasteiger partial charge is 0.355 e. The van der Waals surface area contributed by atoms with Gasteiger partial charge >= 0.3 is 0 Å². The third-order valence-electron chi connectivity index (χ3n) is 3.47. The van der Waals surface area contributed by atoms with Gasteiger partial charge in [0.15, 0.2) is 0 Å². The molecule has 2 aromatic rings. The van der Waals surface area contributed by atoms with Crippen molar-refractivity contribution in [2.45, 2.75) is 11.3 Å². The van der Waals surface area contributed by atoms with Gasteiger partial charge in [-0.25, -0.2) is 8.42 Å². The minimum Gasteiger partial charge on any atom is -0.355 e. The number of halogens is 1. The normalized spacial score (nSPS) is 11.5. The molecule has 2 aromatic carbocycles. The van der Waals surface area contributed by atoms with Gasteiger partial charge in [0, 0.05) is 18.6 Å². The average Bonchev–Trinajstić information content (AvgIpc) is 2.57. The minimum absolute atomic E-state index is 0.168. The Balaban J connectivity index is 1.84. The molecule has 5 nitrogen and oxygen atoms in total. The van der Waals surface area contributed by atoms with Crippen LogP contribution >= 0.6 is 11.6 Å². The third-order valence-corrected chi connectivity index (χ3v) is 5.54. The average molecular weight is 367 g/mol. The van der Waals surface area contributed by atoms with Gasteiger partial charge in [-0.1, -0.05) is 41.9 Å². The first-order valence-electron chi connectivity index (χ1n) is 7.42. The Kier molecular flexibility index (Phi) is 6.36. The van der Waals surface area contributed by atoms with Crippen molar-refractivity contribution in [3.8, 4) is 0 Å². The lowest BCUT2D eigenvalue weighted by Crippen LogP contribution is -2.39. The molecule has 128 valence electrons. The van der Waals surface area contributed by atoms with E-state index in [9.17, 15) is 13.2 Å². The molecule has 0 aliphatic rings. The summed E-state index contributed by atoms with van der Waals surface area (Å²) in [6.45, 7) is 0.206. The molecule has 0 fully saturated rings. The summed E-state index contributed by atoms with van der Waals surface area (Å²) >= 11 is 5.81. The fourth-order valence-electron chi connectivity index (χ4n) is 2.11. The van der Waals surface area contributed by atoms with Gasteiger partial charge in [-0.2, -0.15) is 4.31 Å². The van der Waals surface area contributed by atoms with Crippen LogP contribution in [0.3, 0.4) is 0 Å². The van der Waals surface area contributed by atoms with Crippen LogP contribution in [-0.2, 0) is 21.2 Å². The van der Waals surface area contributed by atoms with Crippen LogP contribution < -0.4 is 5.32 Å². The Labute approximate surface area is 147 Å². The predicted molar refractivity (Wildman–Crippen MR) is 94.4 cm³/mol. The molecule has 0 atom stereocenters. The van der Waals surface area contributed by atoms with Crippen LogP contribution in [0, 0.1) is 0 Å². The summed E-state index contributed by atoms with van der Waals surface area (Å²) in [6.07, 6.45) is 0.651. The molecule has 0 heterocycles. The van der Waals surface area contributed by atoms with Crippen LogP contribution in [0.1, 0.15) is 5.56 Å². The maximum absolute atomic E-state index is 12.3. The van der Waals surface area contributed by atoms with E-state index >= 15 is 0 Å². The number of hydrogen-bond donors (Lipinski definition) is 1. The predicted octanol–water partition coefficient (Wildman–Crippen LogP) is 2.32. The quantitative estimate of drug-likeness (QED) is 0.817. The highest BCUT2D eigenvalue weighted by atomic mass is 35.5. The van der Waals surface area contributed by atoms with Gasteiger partial charge < -0.3 is 5.32 Å². The highest BCUT2D eigenvalue weighted by Crippen LogP contribution is 2.13. The summed E-state index contributed by atoms with van der Waals surface area (Å²) in [5.41, 5.74) is 1.05. The number of rotatable bonds is 7. The van der Waals surface area contributed by atoms with E-state index in [1.54, 1.807) is 30.3 Å². The second kappa shape index (κ2) is 8.28. The molecule has 0 unspecified atom stereocenters. The number of nitrogens with zero attached hydrogens (tertiary/aromatic N) is 1. The fourth-order valence-corrected chi connectivity index (χ4v) is 3.39. The molecule has 1 N–H and O–H groups in total. The van der Waals surface area contributed by atoms with E-state index in [2.05, 4.69) is 5.32 Å². The molecule has 0 aliphatic heterocycles. The van der Waals surface area contributed by atoms with Gasteiger partial charge in [0.1, 0.15) is 0 Å². The minimum atomic E-state index is -3.66. The van der Waals surface area contributed by atoms with E-state index in [-0.39, 0.29) is 17.3 Å². The summed E-state index contributed by atoms with van der Waals surface area (Å²) in [5, 5.41) is 3.38. The smallest absolute Gasteiger partial charge is 0.243 e. The molecule has 0 radical (unpaired) electrons. The first kappa shape index (κ1) is 18.4. The van der Waals surface area contributed by atoms with E-state index in [1.165, 1.54) is 19.2 Å². The lowest BCUT2D eigenvalue weighted by molar-refractivity contribution is -0.121. The Morgan fingerprint density at radius 3 is 2.33 bits per heavy atom. The first-order chi connectivity index (χ1) is 11.4. The van der Waals surface area contributed by atoms with E-state index in [4.69, 9.17) is 11.6 Å². The topological polar surface area (TPSA) is 66.5 Å². The maximum atomic E-state index is 12.3. The molecule has 0 bridgehead atoms. The van der Waals surface area contributed by atoms with Crippen molar-refractivity contribution >= 4 is 27.5 Å². The van der Waals surface area contributed by atoms with E-state index in [0.29, 0.717) is 18.0 Å². The van der Waals surface area contributed by atoms with Crippen molar-refractivity contribution in [2.75, 3.05) is 20.1 Å². The van der Waals surface area contributed by atoms with E-state index in [1.807, 2.05) is 12.1 Å². The Morgan fingerprint density at radius 2 is 1.71 bits per heavy atom. The number of nitrogens with one attached hydrogen (secondary N) is 1. The Bertz CT molecular complexity index is 777. The molecule has 7 heteroatoms. The van der Waals surface area contributed by atoms with E-state index < -0.39 is 10.0 Å². The van der Waals surface area contributed by atoms with Crippen molar-refractivity contribution < 1.29 is 13.2 Å². The maximum Gasteiger partial charge on any atom is 0.243 e. The molecule has 24 heavy (non-hydrogen) atoms. The van der Waals surface area contributed by atoms with Crippen molar-refractivity contribution in [1.82, 2.24) is 9.62 Å². The number of sulfonamides is 1. The number of amides is 1. The lowest BCUT2D eigenvalue weighted by Gasteiger charge is -2.16. The highest BCUT2D eigenvalue weighted by Gasteiger charge is 2.22. The first-order valence-corrected chi connectivity index (χ1v) is 9.24. The molecule has 1 amide bonds. The summed E-state index contributed by atoms with van der Waals surface area (Å²) < 4.78 is 25.7. The van der Waals surface area contributed by atoms with Gasteiger partial charge in [-0.05, 0) is 36.2 Å². The molecule has 0 spiro atoms. The second-order valence-electron chi connectivity index (χ2n) is 5.30. The van der Waals surface area contributed by atoms with Crippen LogP contribution in [0.15, 0.2) is 59.5 Å². The van der Waals surface area contributed by atoms with Crippen molar-refractivity contribution in [3.05, 3.63) is 65.2 Å². The summed E-state index contributed by atoms with van der Waals surface area (Å²) in [5.74, 6) is -0.342. The number of hydrogen-bond acceptors (Lipinski definition) is 3. The molecule has 0 aliphatic carbocycles. The summed E-state index contributed by atoms with van der Waals surface area (Å²) in [4.78, 5) is 12.1. The zero-order valence-corrected chi connectivity index (χ0v) is 14.8. The van der Waals surface area contributed by atoms with Crippen LogP contribution in [-0.4, -0.2) is 38.8 Å². The van der Waals surface area contributed by atoms with Crippen molar-refractivity contribution in [2.24, 2.45) is 0 Å².